The summed E-state index contributed by atoms with van der Waals surface area (Å²) in [4.78, 5) is 35.4. The van der Waals surface area contributed by atoms with Crippen LogP contribution in [0, 0.1) is 5.92 Å². The number of hydrogen-bond donors (Lipinski definition) is 2. The number of fused-ring (bicyclic) bond motifs is 1. The summed E-state index contributed by atoms with van der Waals surface area (Å²) in [6.07, 6.45) is 1.72. The zero-order valence-electron chi connectivity index (χ0n) is 9.91. The minimum Gasteiger partial charge on any atom is -0.480 e. The Balaban J connectivity index is 2.34. The van der Waals surface area contributed by atoms with E-state index in [-0.39, 0.29) is 24.2 Å². The number of aliphatic carboxylic acids is 1. The summed E-state index contributed by atoms with van der Waals surface area (Å²) in [5.74, 6) is -1.55. The van der Waals surface area contributed by atoms with Crippen LogP contribution in [0.3, 0.4) is 0 Å². The number of carbonyl (C=O) groups excluding carboxylic acids is 2. The third-order valence-electron chi connectivity index (χ3n) is 3.48. The van der Waals surface area contributed by atoms with E-state index in [1.807, 2.05) is 0 Å². The fourth-order valence-electron chi connectivity index (χ4n) is 2.48. The summed E-state index contributed by atoms with van der Waals surface area (Å²) in [6.45, 7) is 0.424. The van der Waals surface area contributed by atoms with Gasteiger partial charge in [0.25, 0.3) is 0 Å². The fourth-order valence-corrected chi connectivity index (χ4v) is 2.82. The first-order valence-electron chi connectivity index (χ1n) is 6.03. The highest BCUT2D eigenvalue weighted by Crippen LogP contribution is 2.27. The summed E-state index contributed by atoms with van der Waals surface area (Å²) in [5.41, 5.74) is 0. The summed E-state index contributed by atoms with van der Waals surface area (Å²) in [5, 5.41) is 11.6. The topological polar surface area (TPSA) is 77.9 Å². The highest BCUT2D eigenvalue weighted by atomic mass is 32.1. The van der Waals surface area contributed by atoms with Crippen LogP contribution < -0.4 is 0 Å². The van der Waals surface area contributed by atoms with E-state index >= 15 is 0 Å². The summed E-state index contributed by atoms with van der Waals surface area (Å²) < 4.78 is 0. The Morgan fingerprint density at radius 2 is 2.11 bits per heavy atom. The van der Waals surface area contributed by atoms with Gasteiger partial charge < -0.3 is 5.11 Å². The lowest BCUT2D eigenvalue weighted by atomic mass is 10.0. The average molecular weight is 272 g/mol. The predicted octanol–water partition coefficient (Wildman–Crippen LogP) is 0.145. The van der Waals surface area contributed by atoms with E-state index in [0.717, 1.165) is 5.01 Å². The summed E-state index contributed by atoms with van der Waals surface area (Å²) in [7, 11) is 0. The van der Waals surface area contributed by atoms with Gasteiger partial charge in [-0.05, 0) is 19.3 Å². The van der Waals surface area contributed by atoms with E-state index in [2.05, 4.69) is 12.6 Å². The highest BCUT2D eigenvalue weighted by Gasteiger charge is 2.43. The largest absolute Gasteiger partial charge is 0.480 e. The number of hydrazine groups is 1. The second-order valence-corrected chi connectivity index (χ2v) is 4.98. The molecule has 7 heteroatoms. The van der Waals surface area contributed by atoms with Gasteiger partial charge in [-0.15, -0.1) is 0 Å². The van der Waals surface area contributed by atoms with Crippen LogP contribution >= 0.6 is 12.6 Å². The maximum absolute atomic E-state index is 12.3. The van der Waals surface area contributed by atoms with Crippen molar-refractivity contribution in [3.05, 3.63) is 0 Å². The molecule has 2 fully saturated rings. The van der Waals surface area contributed by atoms with Gasteiger partial charge in [-0.25, -0.2) is 9.80 Å². The number of thiol groups is 1. The van der Waals surface area contributed by atoms with Crippen molar-refractivity contribution in [2.24, 2.45) is 5.92 Å². The van der Waals surface area contributed by atoms with Crippen LogP contribution in [0.15, 0.2) is 0 Å². The molecule has 1 N–H and O–H groups in total. The van der Waals surface area contributed by atoms with Crippen LogP contribution in [0.1, 0.15) is 25.7 Å². The van der Waals surface area contributed by atoms with E-state index in [0.29, 0.717) is 31.6 Å². The first-order chi connectivity index (χ1) is 8.56. The minimum atomic E-state index is -1.05. The van der Waals surface area contributed by atoms with Crippen molar-refractivity contribution >= 4 is 30.4 Å². The number of hydrogen-bond acceptors (Lipinski definition) is 4. The molecule has 18 heavy (non-hydrogen) atoms. The lowest BCUT2D eigenvalue weighted by Gasteiger charge is -2.41. The Kier molecular flexibility index (Phi) is 3.79. The van der Waals surface area contributed by atoms with Crippen LogP contribution in [0.4, 0.5) is 0 Å². The Hall–Kier alpha value is -1.24. The van der Waals surface area contributed by atoms with Crippen molar-refractivity contribution in [3.63, 3.8) is 0 Å². The van der Waals surface area contributed by atoms with Crippen molar-refractivity contribution in [2.75, 3.05) is 12.3 Å². The van der Waals surface area contributed by atoms with E-state index in [4.69, 9.17) is 0 Å². The Morgan fingerprint density at radius 3 is 2.72 bits per heavy atom. The van der Waals surface area contributed by atoms with Gasteiger partial charge in [0.05, 0.1) is 0 Å². The smallest absolute Gasteiger partial charge is 0.328 e. The van der Waals surface area contributed by atoms with Crippen molar-refractivity contribution in [1.29, 1.82) is 0 Å². The van der Waals surface area contributed by atoms with Crippen LogP contribution in [0.5, 0.6) is 0 Å². The summed E-state index contributed by atoms with van der Waals surface area (Å²) in [6, 6.07) is -0.921. The van der Waals surface area contributed by atoms with Gasteiger partial charge in [0.1, 0.15) is 0 Å². The SMILES string of the molecule is O=C(O)C1CCCN2C(=O)CCC(CS)C(=O)N12. The predicted molar refractivity (Wildman–Crippen MR) is 65.8 cm³/mol. The van der Waals surface area contributed by atoms with Crippen LogP contribution in [0.25, 0.3) is 0 Å². The Labute approximate surface area is 110 Å². The molecule has 2 amide bonds. The van der Waals surface area contributed by atoms with E-state index < -0.39 is 12.0 Å². The maximum Gasteiger partial charge on any atom is 0.328 e. The zero-order valence-corrected chi connectivity index (χ0v) is 10.8. The molecule has 2 unspecified atom stereocenters. The van der Waals surface area contributed by atoms with Crippen molar-refractivity contribution in [1.82, 2.24) is 10.0 Å². The standard InChI is InChI=1S/C11H16N2O4S/c14-9-4-3-7(6-18)10(15)13-8(11(16)17)2-1-5-12(9)13/h7-8,18H,1-6H2,(H,16,17). The molecule has 0 spiro atoms. The molecule has 0 aromatic rings. The maximum atomic E-state index is 12.3. The molecule has 2 atom stereocenters. The summed E-state index contributed by atoms with van der Waals surface area (Å²) >= 11 is 4.11. The van der Waals surface area contributed by atoms with Crippen molar-refractivity contribution in [2.45, 2.75) is 31.7 Å². The highest BCUT2D eigenvalue weighted by molar-refractivity contribution is 7.80. The molecule has 0 aromatic carbocycles. The molecular formula is C11H16N2O4S. The molecule has 2 aliphatic heterocycles. The second-order valence-electron chi connectivity index (χ2n) is 4.61. The van der Waals surface area contributed by atoms with E-state index in [9.17, 15) is 19.5 Å². The Morgan fingerprint density at radius 1 is 1.39 bits per heavy atom. The average Bonchev–Trinajstić information content (AvgIpc) is 2.48. The molecule has 2 rings (SSSR count). The van der Waals surface area contributed by atoms with Gasteiger partial charge in [0.2, 0.25) is 11.8 Å². The van der Waals surface area contributed by atoms with Crippen LogP contribution in [-0.2, 0) is 14.4 Å². The molecule has 2 aliphatic rings. The molecule has 0 radical (unpaired) electrons. The molecule has 100 valence electrons. The van der Waals surface area contributed by atoms with Gasteiger partial charge in [-0.2, -0.15) is 12.6 Å². The lowest BCUT2D eigenvalue weighted by molar-refractivity contribution is -0.181. The molecule has 0 aromatic heterocycles. The molecule has 0 aliphatic carbocycles. The van der Waals surface area contributed by atoms with E-state index in [1.165, 1.54) is 5.01 Å². The number of nitrogens with zero attached hydrogens (tertiary/aromatic N) is 2. The monoisotopic (exact) mass is 272 g/mol. The minimum absolute atomic E-state index is 0.168. The van der Waals surface area contributed by atoms with Crippen LogP contribution in [-0.4, -0.2) is 51.2 Å². The van der Waals surface area contributed by atoms with Crippen LogP contribution in [0.2, 0.25) is 0 Å². The second kappa shape index (κ2) is 5.17. The van der Waals surface area contributed by atoms with Gasteiger partial charge in [0.15, 0.2) is 6.04 Å². The number of rotatable bonds is 2. The first kappa shape index (κ1) is 13.2. The number of amides is 2. The molecule has 6 nitrogen and oxygen atoms in total. The molecule has 0 bridgehead atoms. The quantitative estimate of drug-likeness (QED) is 0.701. The number of carboxylic acid groups (broad SMARTS) is 1. The Bertz CT molecular complexity index is 387. The van der Waals surface area contributed by atoms with Gasteiger partial charge in [-0.1, -0.05) is 0 Å². The third-order valence-corrected chi connectivity index (χ3v) is 3.92. The van der Waals surface area contributed by atoms with Crippen molar-refractivity contribution < 1.29 is 19.5 Å². The molecule has 2 heterocycles. The van der Waals surface area contributed by atoms with Gasteiger partial charge in [-0.3, -0.25) is 14.6 Å². The molecule has 0 saturated carbocycles. The van der Waals surface area contributed by atoms with Crippen molar-refractivity contribution in [3.8, 4) is 0 Å². The molecule has 2 saturated heterocycles. The number of carboxylic acids is 1. The molecular weight excluding hydrogens is 256 g/mol. The zero-order chi connectivity index (χ0) is 13.3. The lowest BCUT2D eigenvalue weighted by Crippen LogP contribution is -2.60. The van der Waals surface area contributed by atoms with Gasteiger partial charge in [0, 0.05) is 24.6 Å². The van der Waals surface area contributed by atoms with E-state index in [1.54, 1.807) is 0 Å². The normalized spacial score (nSPS) is 28.9. The number of carbonyl (C=O) groups is 3. The third kappa shape index (κ3) is 2.19. The fraction of sp³-hybridized carbons (Fsp3) is 0.727. The first-order valence-corrected chi connectivity index (χ1v) is 6.66. The van der Waals surface area contributed by atoms with Gasteiger partial charge >= 0.3 is 5.97 Å².